The lowest BCUT2D eigenvalue weighted by atomic mass is 9.98. The van der Waals surface area contributed by atoms with Crippen molar-refractivity contribution >= 4 is 17.5 Å². The third-order valence-corrected chi connectivity index (χ3v) is 5.29. The largest absolute Gasteiger partial charge is 0.468 e. The summed E-state index contributed by atoms with van der Waals surface area (Å²) in [5.74, 6) is 0.756. The lowest BCUT2D eigenvalue weighted by Crippen LogP contribution is -2.40. The van der Waals surface area contributed by atoms with Crippen LogP contribution in [-0.4, -0.2) is 23.9 Å². The van der Waals surface area contributed by atoms with Crippen LogP contribution >= 0.6 is 11.6 Å². The third kappa shape index (κ3) is 4.07. The molecule has 1 atom stereocenters. The molecule has 2 aromatic carbocycles. The predicted molar refractivity (Wildman–Crippen MR) is 106 cm³/mol. The molecular formula is C22H21ClN2O2. The number of hydrogen-bond donors (Lipinski definition) is 1. The van der Waals surface area contributed by atoms with E-state index in [4.69, 9.17) is 16.0 Å². The second-order valence-corrected chi connectivity index (χ2v) is 7.17. The highest BCUT2D eigenvalue weighted by Gasteiger charge is 2.27. The summed E-state index contributed by atoms with van der Waals surface area (Å²) < 4.78 is 5.68. The Morgan fingerprint density at radius 2 is 1.85 bits per heavy atom. The van der Waals surface area contributed by atoms with Gasteiger partial charge in [-0.2, -0.15) is 0 Å². The summed E-state index contributed by atoms with van der Waals surface area (Å²) in [6.45, 7) is 2.26. The van der Waals surface area contributed by atoms with E-state index in [0.29, 0.717) is 17.1 Å². The van der Waals surface area contributed by atoms with Crippen molar-refractivity contribution in [2.24, 2.45) is 0 Å². The number of nitrogens with one attached hydrogen (secondary N) is 1. The second-order valence-electron chi connectivity index (χ2n) is 6.74. The molecule has 1 aliphatic rings. The van der Waals surface area contributed by atoms with Gasteiger partial charge in [0.15, 0.2) is 0 Å². The molecule has 1 N–H and O–H groups in total. The van der Waals surface area contributed by atoms with E-state index >= 15 is 0 Å². The highest BCUT2D eigenvalue weighted by Crippen LogP contribution is 2.28. The van der Waals surface area contributed by atoms with Crippen LogP contribution in [0, 0.1) is 0 Å². The van der Waals surface area contributed by atoms with Gasteiger partial charge in [-0.15, -0.1) is 0 Å². The number of furan rings is 1. The monoisotopic (exact) mass is 380 g/mol. The van der Waals surface area contributed by atoms with E-state index in [1.54, 1.807) is 30.5 Å². The van der Waals surface area contributed by atoms with Crippen molar-refractivity contribution in [2.75, 3.05) is 13.1 Å². The average molecular weight is 381 g/mol. The van der Waals surface area contributed by atoms with Crippen LogP contribution < -0.4 is 5.32 Å². The van der Waals surface area contributed by atoms with Crippen LogP contribution in [0.2, 0.25) is 5.02 Å². The highest BCUT2D eigenvalue weighted by atomic mass is 35.5. The molecule has 1 aliphatic heterocycles. The number of nitrogens with zero attached hydrogens (tertiary/aromatic N) is 1. The van der Waals surface area contributed by atoms with Crippen molar-refractivity contribution in [3.63, 3.8) is 0 Å². The minimum absolute atomic E-state index is 0.00962. The summed E-state index contributed by atoms with van der Waals surface area (Å²) in [6, 6.07) is 19.3. The molecule has 0 radical (unpaired) electrons. The summed E-state index contributed by atoms with van der Waals surface area (Å²) in [4.78, 5) is 14.9. The van der Waals surface area contributed by atoms with Crippen LogP contribution in [0.3, 0.4) is 0 Å². The van der Waals surface area contributed by atoms with E-state index in [1.807, 2.05) is 12.1 Å². The van der Waals surface area contributed by atoms with Gasteiger partial charge >= 0.3 is 0 Å². The Labute approximate surface area is 163 Å². The van der Waals surface area contributed by atoms with Crippen LogP contribution in [0.1, 0.15) is 33.3 Å². The summed E-state index contributed by atoms with van der Waals surface area (Å²) in [7, 11) is 0. The maximum absolute atomic E-state index is 12.5. The molecule has 0 saturated carbocycles. The second kappa shape index (κ2) is 7.99. The molecule has 2 heterocycles. The molecule has 27 heavy (non-hydrogen) atoms. The molecule has 4 rings (SSSR count). The van der Waals surface area contributed by atoms with Gasteiger partial charge in [-0.3, -0.25) is 9.69 Å². The molecule has 0 fully saturated rings. The molecule has 0 spiro atoms. The van der Waals surface area contributed by atoms with E-state index < -0.39 is 0 Å². The minimum atomic E-state index is -0.111. The number of carbonyl (C=O) groups is 1. The van der Waals surface area contributed by atoms with Gasteiger partial charge < -0.3 is 9.73 Å². The maximum Gasteiger partial charge on any atom is 0.251 e. The van der Waals surface area contributed by atoms with Gasteiger partial charge in [0.1, 0.15) is 5.76 Å². The number of hydrogen-bond acceptors (Lipinski definition) is 3. The zero-order chi connectivity index (χ0) is 18.6. The molecule has 4 nitrogen and oxygen atoms in total. The number of amides is 1. The predicted octanol–water partition coefficient (Wildman–Crippen LogP) is 4.46. The molecular weight excluding hydrogens is 360 g/mol. The van der Waals surface area contributed by atoms with Crippen molar-refractivity contribution in [3.05, 3.63) is 94.4 Å². The van der Waals surface area contributed by atoms with Gasteiger partial charge in [-0.1, -0.05) is 35.9 Å². The van der Waals surface area contributed by atoms with Crippen LogP contribution in [0.5, 0.6) is 0 Å². The quantitative estimate of drug-likeness (QED) is 0.710. The van der Waals surface area contributed by atoms with Gasteiger partial charge in [0.25, 0.3) is 5.91 Å². The zero-order valence-corrected chi connectivity index (χ0v) is 15.7. The van der Waals surface area contributed by atoms with Crippen molar-refractivity contribution in [3.8, 4) is 0 Å². The van der Waals surface area contributed by atoms with E-state index in [2.05, 4.69) is 34.5 Å². The summed E-state index contributed by atoms with van der Waals surface area (Å²) in [5.41, 5.74) is 3.34. The molecule has 5 heteroatoms. The van der Waals surface area contributed by atoms with Gasteiger partial charge in [0.05, 0.1) is 12.3 Å². The Kier molecular flexibility index (Phi) is 5.28. The Bertz CT molecular complexity index is 906. The molecule has 138 valence electrons. The highest BCUT2D eigenvalue weighted by molar-refractivity contribution is 6.30. The van der Waals surface area contributed by atoms with Gasteiger partial charge in [0.2, 0.25) is 0 Å². The van der Waals surface area contributed by atoms with Crippen LogP contribution in [0.15, 0.2) is 71.3 Å². The topological polar surface area (TPSA) is 45.5 Å². The Morgan fingerprint density at radius 3 is 2.59 bits per heavy atom. The number of benzene rings is 2. The minimum Gasteiger partial charge on any atom is -0.468 e. The molecule has 1 aromatic heterocycles. The van der Waals surface area contributed by atoms with E-state index in [0.717, 1.165) is 25.3 Å². The number of carbonyl (C=O) groups excluding carboxylic acids is 1. The zero-order valence-electron chi connectivity index (χ0n) is 14.9. The normalized spacial score (nSPS) is 15.1. The first-order valence-electron chi connectivity index (χ1n) is 9.09. The molecule has 0 bridgehead atoms. The standard InChI is InChI=1S/C22H21ClN2O2/c23-19-9-7-17(8-10-19)22(26)24-14-20(21-6-3-13-27-21)25-12-11-16-4-1-2-5-18(16)15-25/h1-10,13,20H,11-12,14-15H2,(H,24,26). The van der Waals surface area contributed by atoms with E-state index in [1.165, 1.54) is 11.1 Å². The average Bonchev–Trinajstić information content (AvgIpc) is 3.23. The van der Waals surface area contributed by atoms with Gasteiger partial charge in [0, 0.05) is 30.2 Å². The SMILES string of the molecule is O=C(NCC(c1ccco1)N1CCc2ccccc2C1)c1ccc(Cl)cc1. The lowest BCUT2D eigenvalue weighted by molar-refractivity contribution is 0.0919. The molecule has 0 aliphatic carbocycles. The maximum atomic E-state index is 12.5. The van der Waals surface area contributed by atoms with E-state index in [9.17, 15) is 4.79 Å². The number of halogens is 1. The molecule has 1 unspecified atom stereocenters. The number of fused-ring (bicyclic) bond motifs is 1. The van der Waals surface area contributed by atoms with Gasteiger partial charge in [-0.25, -0.2) is 0 Å². The summed E-state index contributed by atoms with van der Waals surface area (Å²) in [5, 5.41) is 3.66. The third-order valence-electron chi connectivity index (χ3n) is 5.03. The fourth-order valence-electron chi connectivity index (χ4n) is 3.57. The molecule has 0 saturated heterocycles. The lowest BCUT2D eigenvalue weighted by Gasteiger charge is -2.34. The number of rotatable bonds is 5. The van der Waals surface area contributed by atoms with Crippen LogP contribution in [0.25, 0.3) is 0 Å². The molecule has 3 aromatic rings. The van der Waals surface area contributed by atoms with Crippen molar-refractivity contribution in [1.82, 2.24) is 10.2 Å². The first-order chi connectivity index (χ1) is 13.2. The fraction of sp³-hybridized carbons (Fsp3) is 0.227. The smallest absolute Gasteiger partial charge is 0.251 e. The first-order valence-corrected chi connectivity index (χ1v) is 9.46. The Balaban J connectivity index is 1.49. The fourth-order valence-corrected chi connectivity index (χ4v) is 3.69. The molecule has 1 amide bonds. The Morgan fingerprint density at radius 1 is 1.07 bits per heavy atom. The van der Waals surface area contributed by atoms with E-state index in [-0.39, 0.29) is 11.9 Å². The summed E-state index contributed by atoms with van der Waals surface area (Å²) >= 11 is 5.90. The van der Waals surface area contributed by atoms with Crippen molar-refractivity contribution in [2.45, 2.75) is 19.0 Å². The van der Waals surface area contributed by atoms with Crippen LogP contribution in [-0.2, 0) is 13.0 Å². The summed E-state index contributed by atoms with van der Waals surface area (Å²) in [6.07, 6.45) is 2.68. The van der Waals surface area contributed by atoms with Crippen molar-refractivity contribution < 1.29 is 9.21 Å². The Hall–Kier alpha value is -2.56. The van der Waals surface area contributed by atoms with Crippen molar-refractivity contribution in [1.29, 1.82) is 0 Å². The van der Waals surface area contributed by atoms with Crippen LogP contribution in [0.4, 0.5) is 0 Å². The first kappa shape index (κ1) is 17.8. The van der Waals surface area contributed by atoms with Gasteiger partial charge in [-0.05, 0) is 53.9 Å².